The first-order valence-electron chi connectivity index (χ1n) is 22.5. The zero-order valence-corrected chi connectivity index (χ0v) is 37.7. The van der Waals surface area contributed by atoms with Gasteiger partial charge in [0.25, 0.3) is 0 Å². The maximum atomic E-state index is 7.35. The number of anilines is 5. The molecule has 0 atom stereocenters. The normalized spacial score (nSPS) is 13.4. The van der Waals surface area contributed by atoms with E-state index in [4.69, 9.17) is 4.42 Å². The van der Waals surface area contributed by atoms with Gasteiger partial charge in [-0.2, -0.15) is 0 Å². The van der Waals surface area contributed by atoms with Crippen LogP contribution >= 0.6 is 11.3 Å². The number of furan rings is 1. The summed E-state index contributed by atoms with van der Waals surface area (Å²) in [6.45, 7) is 13.5. The lowest BCUT2D eigenvalue weighted by Crippen LogP contribution is -2.60. The molecule has 0 aliphatic carbocycles. The summed E-state index contributed by atoms with van der Waals surface area (Å²) >= 11 is 1.88. The third kappa shape index (κ3) is 5.36. The summed E-state index contributed by atoms with van der Waals surface area (Å²) in [5.41, 5.74) is 17.4. The molecule has 308 valence electrons. The fourth-order valence-corrected chi connectivity index (χ4v) is 11.8. The molecule has 8 aromatic carbocycles. The first-order chi connectivity index (χ1) is 31.0. The van der Waals surface area contributed by atoms with E-state index in [1.54, 1.807) is 0 Å². The summed E-state index contributed by atoms with van der Waals surface area (Å²) in [4.78, 5) is 4.94. The molecule has 0 bridgehead atoms. The molecule has 0 saturated heterocycles. The maximum Gasteiger partial charge on any atom is 0.375 e. The van der Waals surface area contributed by atoms with Crippen LogP contribution in [0.2, 0.25) is 0 Å². The van der Waals surface area contributed by atoms with Crippen LogP contribution in [-0.2, 0) is 10.8 Å². The van der Waals surface area contributed by atoms with Crippen molar-refractivity contribution in [3.8, 4) is 16.8 Å². The highest BCUT2D eigenvalue weighted by Crippen LogP contribution is 2.50. The molecule has 0 saturated carbocycles. The van der Waals surface area contributed by atoms with Gasteiger partial charge in [0, 0.05) is 70.3 Å². The molecule has 0 N–H and O–H groups in total. The van der Waals surface area contributed by atoms with Crippen LogP contribution in [0, 0.1) is 0 Å². The molecular formula is C58H46BN3OS. The Hall–Kier alpha value is -7.02. The number of benzene rings is 8. The van der Waals surface area contributed by atoms with Crippen LogP contribution < -0.4 is 20.8 Å². The zero-order valence-electron chi connectivity index (χ0n) is 36.9. The molecule has 2 aliphatic heterocycles. The smallest absolute Gasteiger partial charge is 0.375 e. The largest absolute Gasteiger partial charge is 0.466 e. The molecule has 4 nitrogen and oxygen atoms in total. The van der Waals surface area contributed by atoms with Gasteiger partial charge in [-0.3, -0.25) is 0 Å². The molecule has 13 rings (SSSR count). The van der Waals surface area contributed by atoms with Crippen molar-refractivity contribution in [2.75, 3.05) is 9.71 Å². The molecule has 64 heavy (non-hydrogen) atoms. The van der Waals surface area contributed by atoms with E-state index in [1.165, 1.54) is 69.7 Å². The highest BCUT2D eigenvalue weighted by atomic mass is 32.1. The van der Waals surface area contributed by atoms with Crippen molar-refractivity contribution in [3.05, 3.63) is 181 Å². The van der Waals surface area contributed by atoms with Gasteiger partial charge in [-0.1, -0.05) is 126 Å². The first kappa shape index (κ1) is 37.5. The molecule has 0 fully saturated rings. The Balaban J connectivity index is 1.16. The summed E-state index contributed by atoms with van der Waals surface area (Å²) < 4.78 is 12.5. The number of hydrogen-bond acceptors (Lipinski definition) is 4. The molecule has 2 aliphatic rings. The standard InChI is InChI=1S/C58H46BN3OS/c1-57(2,3)35-21-24-39(25-22-35)62-48-29-26-40(60(37-15-9-7-10-16-37)38-17-11-8-12-18-38)32-44(48)42-27-28-43-45-33-46-41-19-13-14-20-51(41)64-52(46)34-49(45)61-54(43)53(42)59(62)56-55(61)47-31-36(58(4,5)6)23-30-50(47)63-56/h7-34H,1-6H3. The van der Waals surface area contributed by atoms with Gasteiger partial charge < -0.3 is 18.7 Å². The average molecular weight is 844 g/mol. The number of aromatic nitrogens is 1. The van der Waals surface area contributed by atoms with E-state index in [0.717, 1.165) is 50.8 Å². The van der Waals surface area contributed by atoms with E-state index < -0.39 is 0 Å². The molecular weight excluding hydrogens is 798 g/mol. The second kappa shape index (κ2) is 13.3. The fourth-order valence-electron chi connectivity index (χ4n) is 10.7. The summed E-state index contributed by atoms with van der Waals surface area (Å²) in [6.07, 6.45) is 0. The Morgan fingerprint density at radius 1 is 0.516 bits per heavy atom. The van der Waals surface area contributed by atoms with Gasteiger partial charge in [-0.05, 0) is 118 Å². The van der Waals surface area contributed by atoms with Gasteiger partial charge in [0.1, 0.15) is 11.2 Å². The Morgan fingerprint density at radius 3 is 1.92 bits per heavy atom. The molecule has 0 radical (unpaired) electrons. The van der Waals surface area contributed by atoms with E-state index in [1.807, 2.05) is 11.3 Å². The van der Waals surface area contributed by atoms with E-state index >= 15 is 0 Å². The summed E-state index contributed by atoms with van der Waals surface area (Å²) in [5, 5.41) is 6.31. The van der Waals surface area contributed by atoms with Crippen molar-refractivity contribution in [2.45, 2.75) is 52.4 Å². The number of hydrogen-bond donors (Lipinski definition) is 0. The van der Waals surface area contributed by atoms with Crippen molar-refractivity contribution in [2.24, 2.45) is 0 Å². The predicted octanol–water partition coefficient (Wildman–Crippen LogP) is 15.2. The number of thiophene rings is 1. The van der Waals surface area contributed by atoms with E-state index in [0.29, 0.717) is 0 Å². The van der Waals surface area contributed by atoms with Gasteiger partial charge in [0.2, 0.25) is 0 Å². The van der Waals surface area contributed by atoms with E-state index in [2.05, 4.69) is 226 Å². The Labute approximate surface area is 377 Å². The Bertz CT molecular complexity index is 3660. The van der Waals surface area contributed by atoms with Crippen molar-refractivity contribution in [3.63, 3.8) is 0 Å². The second-order valence-corrected chi connectivity index (χ2v) is 20.9. The summed E-state index contributed by atoms with van der Waals surface area (Å²) in [7, 11) is 0. The lowest BCUT2D eigenvalue weighted by atomic mass is 9.46. The number of rotatable bonds is 4. The highest BCUT2D eigenvalue weighted by Gasteiger charge is 2.47. The van der Waals surface area contributed by atoms with Crippen molar-refractivity contribution in [1.29, 1.82) is 0 Å². The maximum absolute atomic E-state index is 7.35. The van der Waals surface area contributed by atoms with Crippen molar-refractivity contribution in [1.82, 2.24) is 4.57 Å². The lowest BCUT2D eigenvalue weighted by molar-refractivity contribution is 0.590. The van der Waals surface area contributed by atoms with Crippen LogP contribution in [-0.4, -0.2) is 11.4 Å². The van der Waals surface area contributed by atoms with Crippen LogP contribution in [0.3, 0.4) is 0 Å². The van der Waals surface area contributed by atoms with Gasteiger partial charge in [0.15, 0.2) is 0 Å². The van der Waals surface area contributed by atoms with E-state index in [-0.39, 0.29) is 17.7 Å². The molecule has 0 unspecified atom stereocenters. The minimum absolute atomic E-state index is 0.0197. The molecule has 5 heterocycles. The fraction of sp³-hybridized carbons (Fsp3) is 0.138. The minimum Gasteiger partial charge on any atom is -0.466 e. The predicted molar refractivity (Wildman–Crippen MR) is 275 cm³/mol. The number of nitrogens with zero attached hydrogens (tertiary/aromatic N) is 3. The van der Waals surface area contributed by atoms with Gasteiger partial charge >= 0.3 is 6.85 Å². The molecule has 3 aromatic heterocycles. The third-order valence-electron chi connectivity index (χ3n) is 13.9. The topological polar surface area (TPSA) is 24.6 Å². The zero-order chi connectivity index (χ0) is 43.2. The molecule has 0 spiro atoms. The first-order valence-corrected chi connectivity index (χ1v) is 23.3. The lowest BCUT2D eigenvalue weighted by Gasteiger charge is -2.41. The third-order valence-corrected chi connectivity index (χ3v) is 15.0. The van der Waals surface area contributed by atoms with Gasteiger partial charge in [-0.15, -0.1) is 11.3 Å². The van der Waals surface area contributed by atoms with Crippen LogP contribution in [0.25, 0.3) is 69.8 Å². The molecule has 6 heteroatoms. The number of para-hydroxylation sites is 2. The Kier molecular flexibility index (Phi) is 7.78. The SMILES string of the molecule is CC(C)(C)c1ccc(N2B3c4oc5ccc(C(C)(C)C)cc5c4-n4c5cc6sc7ccccc7c6cc5c5ccc(c3c54)-c3cc(N(c4ccccc4)c4ccccc4)ccc32)cc1. The van der Waals surface area contributed by atoms with Gasteiger partial charge in [-0.25, -0.2) is 0 Å². The van der Waals surface area contributed by atoms with Crippen LogP contribution in [0.15, 0.2) is 174 Å². The minimum atomic E-state index is -0.226. The van der Waals surface area contributed by atoms with Crippen LogP contribution in [0.1, 0.15) is 52.7 Å². The quantitative estimate of drug-likeness (QED) is 0.165. The average Bonchev–Trinajstić information content (AvgIpc) is 3.97. The second-order valence-electron chi connectivity index (χ2n) is 19.8. The Morgan fingerprint density at radius 2 is 1.20 bits per heavy atom. The molecule has 0 amide bonds. The van der Waals surface area contributed by atoms with Crippen molar-refractivity contribution >= 4 is 111 Å². The van der Waals surface area contributed by atoms with Crippen molar-refractivity contribution < 1.29 is 4.42 Å². The summed E-state index contributed by atoms with van der Waals surface area (Å²) in [6, 6.07) is 63.2. The monoisotopic (exact) mass is 843 g/mol. The molecule has 11 aromatic rings. The van der Waals surface area contributed by atoms with Gasteiger partial charge in [0.05, 0.1) is 16.7 Å². The van der Waals surface area contributed by atoms with Crippen LogP contribution in [0.4, 0.5) is 28.4 Å². The van der Waals surface area contributed by atoms with Crippen LogP contribution in [0.5, 0.6) is 0 Å². The number of fused-ring (bicyclic) bond motifs is 13. The van der Waals surface area contributed by atoms with E-state index in [9.17, 15) is 0 Å². The highest BCUT2D eigenvalue weighted by molar-refractivity contribution is 7.25. The summed E-state index contributed by atoms with van der Waals surface area (Å²) in [5.74, 6) is 0.